The number of benzene rings is 1. The number of rotatable bonds is 11. The van der Waals surface area contributed by atoms with E-state index in [9.17, 15) is 4.39 Å². The highest BCUT2D eigenvalue weighted by Crippen LogP contribution is 2.17. The molecule has 1 aromatic carbocycles. The molecule has 0 bridgehead atoms. The lowest BCUT2D eigenvalue weighted by Crippen LogP contribution is -2.16. The first-order chi connectivity index (χ1) is 9.76. The SMILES string of the molecule is CCCCCCCCCC(CN)Cc1ccc(F)cc1. The van der Waals surface area contributed by atoms with Gasteiger partial charge in [-0.05, 0) is 43.0 Å². The first kappa shape index (κ1) is 17.2. The van der Waals surface area contributed by atoms with E-state index in [1.165, 1.54) is 69.1 Å². The van der Waals surface area contributed by atoms with Crippen molar-refractivity contribution in [2.24, 2.45) is 11.7 Å². The summed E-state index contributed by atoms with van der Waals surface area (Å²) in [5.74, 6) is 0.376. The van der Waals surface area contributed by atoms with Crippen LogP contribution in [-0.4, -0.2) is 6.54 Å². The smallest absolute Gasteiger partial charge is 0.123 e. The lowest BCUT2D eigenvalue weighted by atomic mass is 9.93. The monoisotopic (exact) mass is 279 g/mol. The van der Waals surface area contributed by atoms with Crippen LogP contribution in [0.3, 0.4) is 0 Å². The van der Waals surface area contributed by atoms with Gasteiger partial charge in [-0.25, -0.2) is 4.39 Å². The van der Waals surface area contributed by atoms with Crippen LogP contribution < -0.4 is 5.73 Å². The van der Waals surface area contributed by atoms with Crippen molar-refractivity contribution in [2.75, 3.05) is 6.54 Å². The van der Waals surface area contributed by atoms with E-state index in [1.54, 1.807) is 0 Å². The van der Waals surface area contributed by atoms with Gasteiger partial charge in [0.15, 0.2) is 0 Å². The van der Waals surface area contributed by atoms with Crippen LogP contribution in [0.15, 0.2) is 24.3 Å². The minimum Gasteiger partial charge on any atom is -0.330 e. The fourth-order valence-electron chi connectivity index (χ4n) is 2.65. The van der Waals surface area contributed by atoms with Gasteiger partial charge in [-0.1, -0.05) is 64.0 Å². The van der Waals surface area contributed by atoms with Gasteiger partial charge in [0, 0.05) is 0 Å². The Labute approximate surface area is 123 Å². The third kappa shape index (κ3) is 7.64. The molecule has 0 aliphatic carbocycles. The van der Waals surface area contributed by atoms with Crippen LogP contribution >= 0.6 is 0 Å². The average Bonchev–Trinajstić information content (AvgIpc) is 2.47. The molecule has 0 saturated carbocycles. The molecule has 20 heavy (non-hydrogen) atoms. The Bertz CT molecular complexity index is 334. The van der Waals surface area contributed by atoms with Gasteiger partial charge < -0.3 is 5.73 Å². The Morgan fingerprint density at radius 1 is 0.950 bits per heavy atom. The predicted molar refractivity (Wildman–Crippen MR) is 85.3 cm³/mol. The summed E-state index contributed by atoms with van der Waals surface area (Å²) in [6.07, 6.45) is 11.6. The van der Waals surface area contributed by atoms with Gasteiger partial charge >= 0.3 is 0 Å². The zero-order valence-electron chi connectivity index (χ0n) is 12.9. The maximum Gasteiger partial charge on any atom is 0.123 e. The average molecular weight is 279 g/mol. The highest BCUT2D eigenvalue weighted by atomic mass is 19.1. The van der Waals surface area contributed by atoms with Crippen molar-refractivity contribution in [1.82, 2.24) is 0 Å². The van der Waals surface area contributed by atoms with Gasteiger partial charge in [0.2, 0.25) is 0 Å². The summed E-state index contributed by atoms with van der Waals surface area (Å²) in [6.45, 7) is 2.98. The topological polar surface area (TPSA) is 26.0 Å². The standard InChI is InChI=1S/C18H30FN/c1-2-3-4-5-6-7-8-9-17(15-20)14-16-10-12-18(19)13-11-16/h10-13,17H,2-9,14-15,20H2,1H3. The molecule has 0 fully saturated rings. The molecule has 1 rings (SSSR count). The second kappa shape index (κ2) is 10.8. The van der Waals surface area contributed by atoms with E-state index >= 15 is 0 Å². The molecular weight excluding hydrogens is 249 g/mol. The van der Waals surface area contributed by atoms with Crippen LogP contribution in [0.2, 0.25) is 0 Å². The molecule has 1 unspecified atom stereocenters. The molecule has 1 atom stereocenters. The zero-order valence-corrected chi connectivity index (χ0v) is 12.9. The fourth-order valence-corrected chi connectivity index (χ4v) is 2.65. The van der Waals surface area contributed by atoms with Crippen molar-refractivity contribution in [3.8, 4) is 0 Å². The number of nitrogens with two attached hydrogens (primary N) is 1. The quantitative estimate of drug-likeness (QED) is 0.561. The molecule has 0 radical (unpaired) electrons. The molecule has 0 heterocycles. The van der Waals surface area contributed by atoms with Gasteiger partial charge in [-0.2, -0.15) is 0 Å². The maximum absolute atomic E-state index is 12.9. The summed E-state index contributed by atoms with van der Waals surface area (Å²) >= 11 is 0. The van der Waals surface area contributed by atoms with Gasteiger partial charge in [-0.15, -0.1) is 0 Å². The minimum atomic E-state index is -0.162. The third-order valence-corrected chi connectivity index (χ3v) is 3.99. The van der Waals surface area contributed by atoms with Crippen molar-refractivity contribution in [3.05, 3.63) is 35.6 Å². The molecule has 2 heteroatoms. The largest absolute Gasteiger partial charge is 0.330 e. The van der Waals surface area contributed by atoms with Crippen molar-refractivity contribution < 1.29 is 4.39 Å². The Hall–Kier alpha value is -0.890. The van der Waals surface area contributed by atoms with Crippen LogP contribution in [-0.2, 0) is 6.42 Å². The van der Waals surface area contributed by atoms with Crippen molar-refractivity contribution in [1.29, 1.82) is 0 Å². The lowest BCUT2D eigenvalue weighted by molar-refractivity contribution is 0.455. The Morgan fingerprint density at radius 3 is 2.15 bits per heavy atom. The third-order valence-electron chi connectivity index (χ3n) is 3.99. The fraction of sp³-hybridized carbons (Fsp3) is 0.667. The molecule has 0 aromatic heterocycles. The number of hydrogen-bond donors (Lipinski definition) is 1. The summed E-state index contributed by atoms with van der Waals surface area (Å²) in [5, 5.41) is 0. The van der Waals surface area contributed by atoms with Crippen molar-refractivity contribution in [2.45, 2.75) is 64.7 Å². The van der Waals surface area contributed by atoms with Crippen LogP contribution in [0.5, 0.6) is 0 Å². The summed E-state index contributed by atoms with van der Waals surface area (Å²) in [4.78, 5) is 0. The molecular formula is C18H30FN. The molecule has 1 aromatic rings. The summed E-state index contributed by atoms with van der Waals surface area (Å²) < 4.78 is 12.9. The van der Waals surface area contributed by atoms with E-state index in [4.69, 9.17) is 5.73 Å². The van der Waals surface area contributed by atoms with Gasteiger partial charge in [0.05, 0.1) is 0 Å². The number of halogens is 1. The molecule has 0 spiro atoms. The highest BCUT2D eigenvalue weighted by molar-refractivity contribution is 5.16. The van der Waals surface area contributed by atoms with E-state index in [0.717, 1.165) is 13.0 Å². The molecule has 2 N–H and O–H groups in total. The van der Waals surface area contributed by atoms with E-state index in [2.05, 4.69) is 6.92 Å². The maximum atomic E-state index is 12.9. The van der Waals surface area contributed by atoms with E-state index < -0.39 is 0 Å². The summed E-state index contributed by atoms with van der Waals surface area (Å²) in [7, 11) is 0. The molecule has 0 aliphatic rings. The minimum absolute atomic E-state index is 0.162. The van der Waals surface area contributed by atoms with Crippen LogP contribution in [0, 0.1) is 11.7 Å². The van der Waals surface area contributed by atoms with Crippen LogP contribution in [0.4, 0.5) is 4.39 Å². The molecule has 0 aliphatic heterocycles. The first-order valence-electron chi connectivity index (χ1n) is 8.20. The van der Waals surface area contributed by atoms with E-state index in [1.807, 2.05) is 12.1 Å². The van der Waals surface area contributed by atoms with Gasteiger partial charge in [0.1, 0.15) is 5.82 Å². The second-order valence-corrected chi connectivity index (χ2v) is 5.84. The van der Waals surface area contributed by atoms with Crippen LogP contribution in [0.25, 0.3) is 0 Å². The molecule has 114 valence electrons. The van der Waals surface area contributed by atoms with E-state index in [0.29, 0.717) is 5.92 Å². The molecule has 0 amide bonds. The molecule has 0 saturated heterocycles. The Balaban J connectivity index is 2.14. The Kier molecular flexibility index (Phi) is 9.31. The van der Waals surface area contributed by atoms with Crippen LogP contribution in [0.1, 0.15) is 63.9 Å². The van der Waals surface area contributed by atoms with Crippen molar-refractivity contribution in [3.63, 3.8) is 0 Å². The number of unbranched alkanes of at least 4 members (excludes halogenated alkanes) is 6. The van der Waals surface area contributed by atoms with E-state index in [-0.39, 0.29) is 5.82 Å². The second-order valence-electron chi connectivity index (χ2n) is 5.84. The zero-order chi connectivity index (χ0) is 14.6. The summed E-state index contributed by atoms with van der Waals surface area (Å²) in [6, 6.07) is 6.83. The van der Waals surface area contributed by atoms with Crippen molar-refractivity contribution >= 4 is 0 Å². The Morgan fingerprint density at radius 2 is 1.55 bits per heavy atom. The predicted octanol–water partition coefficient (Wildman–Crippen LogP) is 5.08. The normalized spacial score (nSPS) is 12.6. The highest BCUT2D eigenvalue weighted by Gasteiger charge is 2.07. The molecule has 1 nitrogen and oxygen atoms in total. The number of hydrogen-bond acceptors (Lipinski definition) is 1. The van der Waals surface area contributed by atoms with Gasteiger partial charge in [0.25, 0.3) is 0 Å². The van der Waals surface area contributed by atoms with Gasteiger partial charge in [-0.3, -0.25) is 0 Å². The summed E-state index contributed by atoms with van der Waals surface area (Å²) in [5.41, 5.74) is 7.06. The first-order valence-corrected chi connectivity index (χ1v) is 8.20. The lowest BCUT2D eigenvalue weighted by Gasteiger charge is -2.14.